The lowest BCUT2D eigenvalue weighted by Crippen LogP contribution is -2.30. The fraction of sp³-hybridized carbons (Fsp3) is 0.238. The number of hydrogen-bond donors (Lipinski definition) is 1. The summed E-state index contributed by atoms with van der Waals surface area (Å²) in [6.45, 7) is 0.619. The second kappa shape index (κ2) is 8.86. The summed E-state index contributed by atoms with van der Waals surface area (Å²) in [5, 5.41) is 7.15. The third kappa shape index (κ3) is 4.62. The minimum absolute atomic E-state index is 0.0181. The molecule has 1 N–H and O–H groups in total. The van der Waals surface area contributed by atoms with Crippen molar-refractivity contribution in [2.45, 2.75) is 25.7 Å². The zero-order valence-electron chi connectivity index (χ0n) is 17.6. The Labute approximate surface area is 194 Å². The molecule has 4 rings (SSSR count). The number of halogens is 4. The van der Waals surface area contributed by atoms with Gasteiger partial charge in [-0.1, -0.05) is 11.6 Å². The van der Waals surface area contributed by atoms with Gasteiger partial charge in [0.15, 0.2) is 11.8 Å². The first-order valence-corrected chi connectivity index (χ1v) is 10.1. The number of alkyl halides is 3. The Morgan fingerprint density at radius 3 is 2.74 bits per heavy atom. The maximum absolute atomic E-state index is 12.8. The van der Waals surface area contributed by atoms with E-state index in [0.717, 1.165) is 6.07 Å². The largest absolute Gasteiger partial charge is 0.481 e. The minimum atomic E-state index is -4.72. The van der Waals surface area contributed by atoms with Gasteiger partial charge in [-0.3, -0.25) is 4.79 Å². The van der Waals surface area contributed by atoms with Crippen LogP contribution >= 0.6 is 11.6 Å². The Morgan fingerprint density at radius 2 is 2.03 bits per heavy atom. The number of furan rings is 1. The molecule has 0 radical (unpaired) electrons. The van der Waals surface area contributed by atoms with Crippen molar-refractivity contribution in [2.24, 2.45) is 0 Å². The van der Waals surface area contributed by atoms with E-state index in [0.29, 0.717) is 18.2 Å². The fourth-order valence-corrected chi connectivity index (χ4v) is 3.31. The molecule has 1 amide bonds. The van der Waals surface area contributed by atoms with E-state index in [1.165, 1.54) is 30.0 Å². The average Bonchev–Trinajstić information content (AvgIpc) is 3.39. The van der Waals surface area contributed by atoms with Crippen molar-refractivity contribution in [3.8, 4) is 5.88 Å². The van der Waals surface area contributed by atoms with E-state index in [-0.39, 0.29) is 39.7 Å². The summed E-state index contributed by atoms with van der Waals surface area (Å²) in [4.78, 5) is 29.2. The number of nitrogens with one attached hydrogen (secondary N) is 1. The van der Waals surface area contributed by atoms with Gasteiger partial charge >= 0.3 is 12.1 Å². The average molecular weight is 497 g/mol. The zero-order valence-corrected chi connectivity index (χ0v) is 18.4. The van der Waals surface area contributed by atoms with Crippen LogP contribution in [0.4, 0.5) is 13.2 Å². The molecular weight excluding hydrogens is 481 g/mol. The van der Waals surface area contributed by atoms with Crippen molar-refractivity contribution in [1.29, 1.82) is 0 Å². The van der Waals surface area contributed by atoms with E-state index < -0.39 is 24.2 Å². The molecule has 0 aliphatic heterocycles. The molecule has 0 spiro atoms. The van der Waals surface area contributed by atoms with Crippen LogP contribution in [-0.4, -0.2) is 45.9 Å². The van der Waals surface area contributed by atoms with E-state index in [9.17, 15) is 22.8 Å². The predicted octanol–water partition coefficient (Wildman–Crippen LogP) is 4.18. The fourth-order valence-electron chi connectivity index (χ4n) is 3.09. The Bertz CT molecular complexity index is 1400. The molecule has 3 aromatic heterocycles. The highest BCUT2D eigenvalue weighted by atomic mass is 35.5. The van der Waals surface area contributed by atoms with Crippen LogP contribution in [0.3, 0.4) is 0 Å². The van der Waals surface area contributed by atoms with Gasteiger partial charge < -0.3 is 19.2 Å². The van der Waals surface area contributed by atoms with Crippen LogP contribution in [0, 0.1) is 0 Å². The molecule has 3 heterocycles. The van der Waals surface area contributed by atoms with Gasteiger partial charge in [0.25, 0.3) is 5.91 Å². The molecule has 0 aliphatic rings. The normalized spacial score (nSPS) is 12.6. The summed E-state index contributed by atoms with van der Waals surface area (Å²) in [5.74, 6) is -1.22. The number of hydrogen-bond acceptors (Lipinski definition) is 7. The van der Waals surface area contributed by atoms with Crippen LogP contribution in [0.1, 0.15) is 33.4 Å². The predicted molar refractivity (Wildman–Crippen MR) is 113 cm³/mol. The van der Waals surface area contributed by atoms with E-state index in [4.69, 9.17) is 20.8 Å². The van der Waals surface area contributed by atoms with Crippen molar-refractivity contribution < 1.29 is 36.7 Å². The number of rotatable bonds is 6. The maximum atomic E-state index is 12.8. The molecule has 178 valence electrons. The number of esters is 1. The van der Waals surface area contributed by atoms with Crippen LogP contribution in [0.15, 0.2) is 41.1 Å². The van der Waals surface area contributed by atoms with Gasteiger partial charge in [0.2, 0.25) is 5.88 Å². The third-order valence-corrected chi connectivity index (χ3v) is 5.04. The van der Waals surface area contributed by atoms with Gasteiger partial charge in [0, 0.05) is 22.7 Å². The molecule has 0 fully saturated rings. The lowest BCUT2D eigenvalue weighted by atomic mass is 10.1. The Kier molecular flexibility index (Phi) is 6.09. The van der Waals surface area contributed by atoms with Gasteiger partial charge in [0.1, 0.15) is 22.5 Å². The van der Waals surface area contributed by atoms with Gasteiger partial charge in [-0.05, 0) is 25.1 Å². The van der Waals surface area contributed by atoms with Gasteiger partial charge in [-0.25, -0.2) is 9.31 Å². The number of ether oxygens (including phenoxy) is 2. The number of aromatic nitrogens is 3. The van der Waals surface area contributed by atoms with Gasteiger partial charge in [-0.15, -0.1) is 0 Å². The van der Waals surface area contributed by atoms with Crippen LogP contribution in [-0.2, 0) is 11.3 Å². The molecule has 0 saturated carbocycles. The summed E-state index contributed by atoms with van der Waals surface area (Å²) in [7, 11) is 1.44. The first kappa shape index (κ1) is 23.4. The molecule has 0 bridgehead atoms. The number of benzene rings is 1. The standard InChI is InChI=1S/C21H16ClF3N4O5/c1-10(21(23,24)25)33-20(31)14-7-12(22)5-11-6-13(34-17(11)14)8-26-19(30)15-9-27-29-4-3-16(32-2)28-18(15)29/h3-7,9-10H,8H2,1-2H3,(H,26,30)/t10-/m1/s1. The van der Waals surface area contributed by atoms with Crippen molar-refractivity contribution in [1.82, 2.24) is 19.9 Å². The van der Waals surface area contributed by atoms with Crippen molar-refractivity contribution >= 4 is 40.1 Å². The summed E-state index contributed by atoms with van der Waals surface area (Å²) < 4.78 is 54.9. The van der Waals surface area contributed by atoms with E-state index in [1.807, 2.05) is 0 Å². The molecule has 0 aliphatic carbocycles. The number of carbonyl (C=O) groups excluding carboxylic acids is 2. The summed E-state index contributed by atoms with van der Waals surface area (Å²) in [6.07, 6.45) is -4.11. The number of amides is 1. The van der Waals surface area contributed by atoms with E-state index in [1.54, 1.807) is 12.3 Å². The topological polar surface area (TPSA) is 108 Å². The molecular formula is C21H16ClF3N4O5. The van der Waals surface area contributed by atoms with Crippen molar-refractivity contribution in [2.75, 3.05) is 7.11 Å². The van der Waals surface area contributed by atoms with Crippen LogP contribution in [0.25, 0.3) is 16.6 Å². The minimum Gasteiger partial charge on any atom is -0.481 e. The summed E-state index contributed by atoms with van der Waals surface area (Å²) in [5.41, 5.74) is 0.172. The molecule has 9 nitrogen and oxygen atoms in total. The summed E-state index contributed by atoms with van der Waals surface area (Å²) >= 11 is 6.01. The van der Waals surface area contributed by atoms with Gasteiger partial charge in [-0.2, -0.15) is 23.3 Å². The Hall–Kier alpha value is -3.80. The van der Waals surface area contributed by atoms with Gasteiger partial charge in [0.05, 0.1) is 19.9 Å². The smallest absolute Gasteiger partial charge is 0.425 e. The molecule has 4 aromatic rings. The zero-order chi connectivity index (χ0) is 24.6. The van der Waals surface area contributed by atoms with E-state index >= 15 is 0 Å². The SMILES string of the molecule is COc1ccn2ncc(C(=O)NCc3cc4cc(Cl)cc(C(=O)O[C@H](C)C(F)(F)F)c4o3)c2n1. The first-order valence-electron chi connectivity index (χ1n) is 9.73. The molecule has 1 aromatic carbocycles. The number of methoxy groups -OCH3 is 1. The lowest BCUT2D eigenvalue weighted by Gasteiger charge is -2.16. The molecule has 0 saturated heterocycles. The molecule has 0 unspecified atom stereocenters. The molecule has 1 atom stereocenters. The second-order valence-electron chi connectivity index (χ2n) is 7.15. The highest BCUT2D eigenvalue weighted by Crippen LogP contribution is 2.30. The number of nitrogens with zero attached hydrogens (tertiary/aromatic N) is 3. The Morgan fingerprint density at radius 1 is 1.26 bits per heavy atom. The molecule has 34 heavy (non-hydrogen) atoms. The van der Waals surface area contributed by atoms with Crippen LogP contribution in [0.2, 0.25) is 5.02 Å². The lowest BCUT2D eigenvalue weighted by molar-refractivity contribution is -0.198. The number of fused-ring (bicyclic) bond motifs is 2. The molecule has 13 heteroatoms. The summed E-state index contributed by atoms with van der Waals surface area (Å²) in [6, 6.07) is 5.71. The van der Waals surface area contributed by atoms with E-state index in [2.05, 4.69) is 20.1 Å². The van der Waals surface area contributed by atoms with Crippen LogP contribution < -0.4 is 10.1 Å². The highest BCUT2D eigenvalue weighted by molar-refractivity contribution is 6.32. The van der Waals surface area contributed by atoms with Crippen molar-refractivity contribution in [3.63, 3.8) is 0 Å². The number of carbonyl (C=O) groups is 2. The third-order valence-electron chi connectivity index (χ3n) is 4.82. The maximum Gasteiger partial charge on any atom is 0.425 e. The first-order chi connectivity index (χ1) is 16.1. The quantitative estimate of drug-likeness (QED) is 0.399. The monoisotopic (exact) mass is 496 g/mol. The van der Waals surface area contributed by atoms with Crippen LogP contribution in [0.5, 0.6) is 5.88 Å². The Balaban J connectivity index is 1.55. The highest BCUT2D eigenvalue weighted by Gasteiger charge is 2.39. The van der Waals surface area contributed by atoms with Crippen molar-refractivity contribution in [3.05, 3.63) is 58.6 Å². The second-order valence-corrected chi connectivity index (χ2v) is 7.59.